The molecule has 0 fully saturated rings. The topological polar surface area (TPSA) is 72.8 Å². The van der Waals surface area contributed by atoms with Crippen molar-refractivity contribution in [3.8, 4) is 0 Å². The molecule has 0 unspecified atom stereocenters. The highest BCUT2D eigenvalue weighted by Crippen LogP contribution is 2.11. The standard InChI is InChI=1S/C43H70O5/c1-3-5-7-9-11-13-15-17-19-21-23-25-27-29-31-33-35-37-42(45)47-40-41(39-44)48-43(46)38-36-34-32-30-28-26-24-22-20-18-16-14-12-10-8-6-4-2/h5,7,11-14,17-20,23,25,29,31,41,44H,3-4,6,8-10,15-16,21-22,24,26-28,30,32-40H2,1-2H3/b7-5+,13-11+,14-12+,19-17+,20-18+,25-23+,31-29+/t41-/m0/s1. The molecule has 0 spiro atoms. The summed E-state index contributed by atoms with van der Waals surface area (Å²) in [6, 6.07) is 0. The van der Waals surface area contributed by atoms with Crippen LogP contribution in [-0.4, -0.2) is 36.4 Å². The zero-order valence-corrected chi connectivity index (χ0v) is 30.7. The lowest BCUT2D eigenvalue weighted by Gasteiger charge is -2.15. The molecule has 0 aliphatic rings. The van der Waals surface area contributed by atoms with Crippen molar-refractivity contribution in [1.82, 2.24) is 0 Å². The molecule has 0 aromatic carbocycles. The molecule has 272 valence electrons. The highest BCUT2D eigenvalue weighted by atomic mass is 16.6. The molecule has 1 atom stereocenters. The lowest BCUT2D eigenvalue weighted by molar-refractivity contribution is -0.161. The van der Waals surface area contributed by atoms with Gasteiger partial charge in [0.15, 0.2) is 6.10 Å². The number of carbonyl (C=O) groups is 2. The van der Waals surface area contributed by atoms with E-state index in [1.54, 1.807) is 0 Å². The molecule has 0 saturated heterocycles. The summed E-state index contributed by atoms with van der Waals surface area (Å²) >= 11 is 0. The van der Waals surface area contributed by atoms with Crippen molar-refractivity contribution in [2.75, 3.05) is 13.2 Å². The molecular weight excluding hydrogens is 596 g/mol. The Balaban J connectivity index is 3.70. The van der Waals surface area contributed by atoms with Gasteiger partial charge in [-0.1, -0.05) is 144 Å². The van der Waals surface area contributed by atoms with Crippen LogP contribution in [0.5, 0.6) is 0 Å². The van der Waals surface area contributed by atoms with E-state index in [2.05, 4.69) is 98.9 Å². The third-order valence-electron chi connectivity index (χ3n) is 7.67. The van der Waals surface area contributed by atoms with Crippen molar-refractivity contribution >= 4 is 11.9 Å². The molecule has 0 heterocycles. The molecule has 0 radical (unpaired) electrons. The number of hydrogen-bond donors (Lipinski definition) is 1. The summed E-state index contributed by atoms with van der Waals surface area (Å²) in [5.41, 5.74) is 0. The number of carbonyl (C=O) groups excluding carboxylic acids is 2. The van der Waals surface area contributed by atoms with Gasteiger partial charge in [-0.2, -0.15) is 0 Å². The minimum atomic E-state index is -0.803. The fraction of sp³-hybridized carbons (Fsp3) is 0.628. The van der Waals surface area contributed by atoms with Crippen molar-refractivity contribution in [1.29, 1.82) is 0 Å². The van der Waals surface area contributed by atoms with Crippen molar-refractivity contribution in [2.45, 2.75) is 161 Å². The maximum Gasteiger partial charge on any atom is 0.306 e. The molecule has 0 aliphatic heterocycles. The Labute approximate surface area is 295 Å². The quantitative estimate of drug-likeness (QED) is 0.0429. The van der Waals surface area contributed by atoms with E-state index in [4.69, 9.17) is 9.47 Å². The summed E-state index contributed by atoms with van der Waals surface area (Å²) in [5.74, 6) is -0.677. The van der Waals surface area contributed by atoms with Crippen LogP contribution in [-0.2, 0) is 19.1 Å². The zero-order valence-electron chi connectivity index (χ0n) is 30.7. The second-order valence-corrected chi connectivity index (χ2v) is 12.3. The molecule has 0 saturated carbocycles. The van der Waals surface area contributed by atoms with Gasteiger partial charge in [-0.15, -0.1) is 0 Å². The van der Waals surface area contributed by atoms with Gasteiger partial charge in [0, 0.05) is 12.8 Å². The largest absolute Gasteiger partial charge is 0.462 e. The summed E-state index contributed by atoms with van der Waals surface area (Å²) in [4.78, 5) is 24.2. The van der Waals surface area contributed by atoms with Crippen LogP contribution in [0, 0.1) is 0 Å². The van der Waals surface area contributed by atoms with E-state index < -0.39 is 6.10 Å². The molecule has 48 heavy (non-hydrogen) atoms. The van der Waals surface area contributed by atoms with E-state index in [1.807, 2.05) is 0 Å². The Kier molecular flexibility index (Phi) is 36.2. The Morgan fingerprint density at radius 3 is 1.42 bits per heavy atom. The first kappa shape index (κ1) is 45.1. The van der Waals surface area contributed by atoms with Gasteiger partial charge in [0.25, 0.3) is 0 Å². The van der Waals surface area contributed by atoms with Gasteiger partial charge in [0.2, 0.25) is 0 Å². The molecule has 0 rings (SSSR count). The second-order valence-electron chi connectivity index (χ2n) is 12.3. The average Bonchev–Trinajstić information content (AvgIpc) is 3.09. The molecule has 0 amide bonds. The Morgan fingerprint density at radius 1 is 0.500 bits per heavy atom. The van der Waals surface area contributed by atoms with Crippen molar-refractivity contribution in [3.63, 3.8) is 0 Å². The Bertz CT molecular complexity index is 937. The predicted octanol–water partition coefficient (Wildman–Crippen LogP) is 11.9. The number of unbranched alkanes of at least 4 members (excludes halogenated alkanes) is 11. The van der Waals surface area contributed by atoms with Crippen LogP contribution in [0.4, 0.5) is 0 Å². The molecule has 0 aromatic rings. The van der Waals surface area contributed by atoms with E-state index in [1.165, 1.54) is 51.4 Å². The normalized spacial score (nSPS) is 13.1. The first-order chi connectivity index (χ1) is 23.6. The lowest BCUT2D eigenvalue weighted by Crippen LogP contribution is -2.28. The predicted molar refractivity (Wildman–Crippen MR) is 205 cm³/mol. The lowest BCUT2D eigenvalue weighted by atomic mass is 10.1. The highest BCUT2D eigenvalue weighted by Gasteiger charge is 2.16. The number of aliphatic hydroxyl groups excluding tert-OH is 1. The van der Waals surface area contributed by atoms with Gasteiger partial charge < -0.3 is 14.6 Å². The maximum absolute atomic E-state index is 12.2. The van der Waals surface area contributed by atoms with E-state index in [9.17, 15) is 14.7 Å². The number of allylic oxidation sites excluding steroid dienone is 14. The highest BCUT2D eigenvalue weighted by molar-refractivity contribution is 5.70. The summed E-state index contributed by atoms with van der Waals surface area (Å²) in [7, 11) is 0. The van der Waals surface area contributed by atoms with Crippen LogP contribution >= 0.6 is 0 Å². The summed E-state index contributed by atoms with van der Waals surface area (Å²) in [6.45, 7) is 3.92. The Morgan fingerprint density at radius 2 is 0.917 bits per heavy atom. The maximum atomic E-state index is 12.2. The fourth-order valence-corrected chi connectivity index (χ4v) is 4.79. The van der Waals surface area contributed by atoms with Crippen molar-refractivity contribution < 1.29 is 24.2 Å². The first-order valence-electron chi connectivity index (χ1n) is 19.1. The fourth-order valence-electron chi connectivity index (χ4n) is 4.79. The monoisotopic (exact) mass is 667 g/mol. The molecule has 5 heteroatoms. The molecule has 0 bridgehead atoms. The second kappa shape index (κ2) is 38.5. The Hall–Kier alpha value is -2.92. The molecular formula is C43H70O5. The van der Waals surface area contributed by atoms with E-state index in [-0.39, 0.29) is 25.2 Å². The number of ether oxygens (including phenoxy) is 2. The van der Waals surface area contributed by atoms with Gasteiger partial charge in [0.05, 0.1) is 6.61 Å². The summed E-state index contributed by atoms with van der Waals surface area (Å²) in [6.07, 6.45) is 52.1. The van der Waals surface area contributed by atoms with E-state index >= 15 is 0 Å². The molecule has 5 nitrogen and oxygen atoms in total. The minimum Gasteiger partial charge on any atom is -0.462 e. The van der Waals surface area contributed by atoms with Gasteiger partial charge in [-0.05, 0) is 83.5 Å². The SMILES string of the molecule is CC/C=C/C/C=C/C/C=C/C/C=C/C/C=C/CCCC(=O)OC[C@H](CO)OC(=O)CCCCCCCCC/C=C/C/C=C/CCCCC. The average molecular weight is 667 g/mol. The van der Waals surface area contributed by atoms with E-state index in [0.29, 0.717) is 19.3 Å². The summed E-state index contributed by atoms with van der Waals surface area (Å²) in [5, 5.41) is 9.54. The molecule has 1 N–H and O–H groups in total. The van der Waals surface area contributed by atoms with Crippen molar-refractivity contribution in [2.24, 2.45) is 0 Å². The first-order valence-corrected chi connectivity index (χ1v) is 19.1. The number of aliphatic hydroxyl groups is 1. The third kappa shape index (κ3) is 35.9. The van der Waals surface area contributed by atoms with E-state index in [0.717, 1.165) is 70.6 Å². The van der Waals surface area contributed by atoms with Gasteiger partial charge in [-0.3, -0.25) is 9.59 Å². The third-order valence-corrected chi connectivity index (χ3v) is 7.67. The van der Waals surface area contributed by atoms with Gasteiger partial charge in [0.1, 0.15) is 6.61 Å². The minimum absolute atomic E-state index is 0.103. The van der Waals surface area contributed by atoms with Gasteiger partial charge in [-0.25, -0.2) is 0 Å². The van der Waals surface area contributed by atoms with Crippen LogP contribution < -0.4 is 0 Å². The molecule has 0 aromatic heterocycles. The van der Waals surface area contributed by atoms with Crippen LogP contribution in [0.25, 0.3) is 0 Å². The van der Waals surface area contributed by atoms with Crippen LogP contribution in [0.3, 0.4) is 0 Å². The number of esters is 2. The molecule has 0 aliphatic carbocycles. The van der Waals surface area contributed by atoms with Gasteiger partial charge >= 0.3 is 11.9 Å². The summed E-state index contributed by atoms with van der Waals surface area (Å²) < 4.78 is 10.5. The smallest absolute Gasteiger partial charge is 0.306 e. The number of rotatable bonds is 33. The van der Waals surface area contributed by atoms with Crippen LogP contribution in [0.1, 0.15) is 155 Å². The number of hydrogen-bond acceptors (Lipinski definition) is 5. The zero-order chi connectivity index (χ0) is 35.0. The van der Waals surface area contributed by atoms with Crippen LogP contribution in [0.15, 0.2) is 85.1 Å². The van der Waals surface area contributed by atoms with Crippen molar-refractivity contribution in [3.05, 3.63) is 85.1 Å². The van der Waals surface area contributed by atoms with Crippen LogP contribution in [0.2, 0.25) is 0 Å².